The topological polar surface area (TPSA) is 15.3 Å². The van der Waals surface area contributed by atoms with Crippen LogP contribution in [-0.4, -0.2) is 31.6 Å². The van der Waals surface area contributed by atoms with Crippen LogP contribution in [-0.2, 0) is 6.42 Å². The molecule has 0 radical (unpaired) electrons. The lowest BCUT2D eigenvalue weighted by molar-refractivity contribution is 0.211. The van der Waals surface area contributed by atoms with Gasteiger partial charge in [-0.25, -0.2) is 0 Å². The number of rotatable bonds is 6. The van der Waals surface area contributed by atoms with Crippen molar-refractivity contribution in [3.8, 4) is 0 Å². The van der Waals surface area contributed by atoms with Crippen LogP contribution < -0.4 is 5.32 Å². The van der Waals surface area contributed by atoms with Crippen LogP contribution in [0.1, 0.15) is 24.8 Å². The second-order valence-electron chi connectivity index (χ2n) is 5.56. The molecule has 19 heavy (non-hydrogen) atoms. The number of nitrogens with zero attached hydrogens (tertiary/aromatic N) is 1. The van der Waals surface area contributed by atoms with Gasteiger partial charge < -0.3 is 10.2 Å². The summed E-state index contributed by atoms with van der Waals surface area (Å²) in [7, 11) is 2.04. The van der Waals surface area contributed by atoms with E-state index in [1.807, 2.05) is 7.05 Å². The Morgan fingerprint density at radius 3 is 2.89 bits per heavy atom. The van der Waals surface area contributed by atoms with Crippen molar-refractivity contribution in [3.63, 3.8) is 0 Å². The zero-order valence-electron chi connectivity index (χ0n) is 12.1. The van der Waals surface area contributed by atoms with Crippen molar-refractivity contribution in [3.05, 3.63) is 48.2 Å². The highest BCUT2D eigenvalue weighted by molar-refractivity contribution is 5.16. The van der Waals surface area contributed by atoms with E-state index >= 15 is 0 Å². The first-order valence-electron chi connectivity index (χ1n) is 7.41. The zero-order valence-corrected chi connectivity index (χ0v) is 12.1. The molecule has 1 unspecified atom stereocenters. The lowest BCUT2D eigenvalue weighted by Gasteiger charge is -2.35. The number of piperidine rings is 1. The molecule has 1 fully saturated rings. The predicted octanol–water partition coefficient (Wildman–Crippen LogP) is 3.06. The summed E-state index contributed by atoms with van der Waals surface area (Å²) in [5.41, 5.74) is 2.72. The van der Waals surface area contributed by atoms with Gasteiger partial charge in [0.05, 0.1) is 0 Å². The van der Waals surface area contributed by atoms with Crippen molar-refractivity contribution in [1.29, 1.82) is 0 Å². The molecule has 0 spiro atoms. The van der Waals surface area contributed by atoms with E-state index in [4.69, 9.17) is 0 Å². The van der Waals surface area contributed by atoms with Crippen LogP contribution in [0.2, 0.25) is 0 Å². The molecule has 0 amide bonds. The van der Waals surface area contributed by atoms with E-state index in [1.54, 1.807) is 0 Å². The highest BCUT2D eigenvalue weighted by Gasteiger charge is 2.19. The largest absolute Gasteiger partial charge is 0.375 e. The van der Waals surface area contributed by atoms with Gasteiger partial charge in [0.1, 0.15) is 0 Å². The third-order valence-corrected chi connectivity index (χ3v) is 4.00. The Morgan fingerprint density at radius 1 is 1.37 bits per heavy atom. The Kier molecular flexibility index (Phi) is 5.46. The molecule has 1 heterocycles. The van der Waals surface area contributed by atoms with Crippen molar-refractivity contribution in [2.24, 2.45) is 5.92 Å². The number of allylic oxidation sites excluding steroid dienone is 1. The van der Waals surface area contributed by atoms with Crippen LogP contribution in [0.4, 0.5) is 0 Å². The minimum absolute atomic E-state index is 0.784. The summed E-state index contributed by atoms with van der Waals surface area (Å²) in [6.07, 6.45) is 4.84. The lowest BCUT2D eigenvalue weighted by Crippen LogP contribution is -2.38. The number of likely N-dealkylation sites (tertiary alicyclic amines) is 1. The van der Waals surface area contributed by atoms with Crippen molar-refractivity contribution >= 4 is 0 Å². The molecule has 1 N–H and O–H groups in total. The normalized spacial score (nSPS) is 19.4. The molecule has 1 atom stereocenters. The van der Waals surface area contributed by atoms with E-state index in [0.29, 0.717) is 0 Å². The number of benzene rings is 1. The third-order valence-electron chi connectivity index (χ3n) is 4.00. The Morgan fingerprint density at radius 2 is 2.16 bits per heavy atom. The highest BCUT2D eigenvalue weighted by Crippen LogP contribution is 2.21. The standard InChI is InChI=1S/C17H26N2/c1-15(10-11-16-7-4-3-5-8-16)19-12-6-9-17(14-19)13-18-2/h3-5,7-8,17-18H,1,6,9-14H2,2H3. The second kappa shape index (κ2) is 7.34. The molecule has 0 saturated carbocycles. The van der Waals surface area contributed by atoms with Gasteiger partial charge in [-0.15, -0.1) is 0 Å². The third kappa shape index (κ3) is 4.39. The van der Waals surface area contributed by atoms with Gasteiger partial charge in [-0.3, -0.25) is 0 Å². The summed E-state index contributed by atoms with van der Waals surface area (Å²) >= 11 is 0. The molecule has 1 aromatic rings. The summed E-state index contributed by atoms with van der Waals surface area (Å²) in [6.45, 7) is 7.78. The van der Waals surface area contributed by atoms with Gasteiger partial charge in [-0.2, -0.15) is 0 Å². The average molecular weight is 258 g/mol. The first-order valence-corrected chi connectivity index (χ1v) is 7.41. The smallest absolute Gasteiger partial charge is 0.0215 e. The monoisotopic (exact) mass is 258 g/mol. The number of hydrogen-bond acceptors (Lipinski definition) is 2. The van der Waals surface area contributed by atoms with E-state index in [0.717, 1.165) is 25.3 Å². The molecule has 104 valence electrons. The fourth-order valence-corrected chi connectivity index (χ4v) is 2.90. The molecule has 1 aliphatic heterocycles. The molecule has 2 nitrogen and oxygen atoms in total. The average Bonchev–Trinajstić information content (AvgIpc) is 2.46. The summed E-state index contributed by atoms with van der Waals surface area (Å²) < 4.78 is 0. The molecular weight excluding hydrogens is 232 g/mol. The molecule has 0 bridgehead atoms. The van der Waals surface area contributed by atoms with Crippen LogP contribution in [0.15, 0.2) is 42.6 Å². The van der Waals surface area contributed by atoms with E-state index < -0.39 is 0 Å². The fraction of sp³-hybridized carbons (Fsp3) is 0.529. The van der Waals surface area contributed by atoms with Crippen LogP contribution in [0, 0.1) is 5.92 Å². The predicted molar refractivity (Wildman–Crippen MR) is 82.1 cm³/mol. The minimum atomic E-state index is 0.784. The molecular formula is C17H26N2. The number of hydrogen-bond donors (Lipinski definition) is 1. The summed E-state index contributed by atoms with van der Waals surface area (Å²) in [6, 6.07) is 10.7. The van der Waals surface area contributed by atoms with Crippen LogP contribution in [0.25, 0.3) is 0 Å². The maximum absolute atomic E-state index is 4.29. The summed E-state index contributed by atoms with van der Waals surface area (Å²) in [5.74, 6) is 0.784. The first-order chi connectivity index (χ1) is 9.29. The molecule has 1 aromatic carbocycles. The second-order valence-corrected chi connectivity index (χ2v) is 5.56. The van der Waals surface area contributed by atoms with Gasteiger partial charge in [0.25, 0.3) is 0 Å². The van der Waals surface area contributed by atoms with Crippen LogP contribution in [0.3, 0.4) is 0 Å². The lowest BCUT2D eigenvalue weighted by atomic mass is 9.97. The Labute approximate surface area is 117 Å². The van der Waals surface area contributed by atoms with Crippen LogP contribution in [0.5, 0.6) is 0 Å². The quantitative estimate of drug-likeness (QED) is 0.843. The van der Waals surface area contributed by atoms with Crippen molar-refractivity contribution in [2.75, 3.05) is 26.7 Å². The molecule has 2 rings (SSSR count). The Hall–Kier alpha value is -1.28. The summed E-state index contributed by atoms with van der Waals surface area (Å²) in [4.78, 5) is 2.49. The molecule has 2 heteroatoms. The number of nitrogens with one attached hydrogen (secondary N) is 1. The Balaban J connectivity index is 1.79. The van der Waals surface area contributed by atoms with Crippen molar-refractivity contribution in [2.45, 2.75) is 25.7 Å². The molecule has 1 aliphatic rings. The minimum Gasteiger partial charge on any atom is -0.375 e. The SMILES string of the molecule is C=C(CCc1ccccc1)N1CCCC(CNC)C1. The molecule has 1 saturated heterocycles. The van der Waals surface area contributed by atoms with Gasteiger partial charge in [0.2, 0.25) is 0 Å². The first kappa shape index (κ1) is 14.1. The zero-order chi connectivity index (χ0) is 13.5. The highest BCUT2D eigenvalue weighted by atomic mass is 15.1. The van der Waals surface area contributed by atoms with Gasteiger partial charge >= 0.3 is 0 Å². The van der Waals surface area contributed by atoms with Gasteiger partial charge in [0, 0.05) is 18.8 Å². The maximum Gasteiger partial charge on any atom is 0.0215 e. The van der Waals surface area contributed by atoms with Gasteiger partial charge in [-0.05, 0) is 50.8 Å². The van der Waals surface area contributed by atoms with Gasteiger partial charge in [0.15, 0.2) is 0 Å². The van der Waals surface area contributed by atoms with Crippen molar-refractivity contribution < 1.29 is 0 Å². The van der Waals surface area contributed by atoms with E-state index in [-0.39, 0.29) is 0 Å². The van der Waals surface area contributed by atoms with Crippen LogP contribution >= 0.6 is 0 Å². The van der Waals surface area contributed by atoms with Crippen molar-refractivity contribution in [1.82, 2.24) is 10.2 Å². The molecule has 0 aromatic heterocycles. The van der Waals surface area contributed by atoms with E-state index in [9.17, 15) is 0 Å². The van der Waals surface area contributed by atoms with E-state index in [2.05, 4.69) is 47.1 Å². The Bertz CT molecular complexity index is 384. The van der Waals surface area contributed by atoms with E-state index in [1.165, 1.54) is 37.2 Å². The number of aryl methyl sites for hydroxylation is 1. The molecule has 0 aliphatic carbocycles. The maximum atomic E-state index is 4.29. The van der Waals surface area contributed by atoms with Gasteiger partial charge in [-0.1, -0.05) is 36.9 Å². The summed E-state index contributed by atoms with van der Waals surface area (Å²) in [5, 5.41) is 3.30. The fourth-order valence-electron chi connectivity index (χ4n) is 2.90.